The van der Waals surface area contributed by atoms with Crippen LogP contribution in [0.4, 0.5) is 0 Å². The number of amides is 1. The number of benzene rings is 1. The van der Waals surface area contributed by atoms with Crippen molar-refractivity contribution in [2.75, 3.05) is 7.11 Å². The number of carbonyl (C=O) groups is 4. The summed E-state index contributed by atoms with van der Waals surface area (Å²) in [5.41, 5.74) is 3.22. The van der Waals surface area contributed by atoms with Gasteiger partial charge in [-0.2, -0.15) is 0 Å². The summed E-state index contributed by atoms with van der Waals surface area (Å²) < 4.78 is 10.1. The molecule has 0 aliphatic carbocycles. The van der Waals surface area contributed by atoms with Crippen LogP contribution in [-0.2, 0) is 19.1 Å². The van der Waals surface area contributed by atoms with Crippen molar-refractivity contribution in [2.45, 2.75) is 53.2 Å². The molecule has 166 valence electrons. The van der Waals surface area contributed by atoms with E-state index in [4.69, 9.17) is 9.47 Å². The summed E-state index contributed by atoms with van der Waals surface area (Å²) in [6, 6.07) is 6.86. The number of hydrogen-bond donors (Lipinski definition) is 2. The number of rotatable bonds is 8. The van der Waals surface area contributed by atoms with Crippen molar-refractivity contribution in [1.82, 2.24) is 10.3 Å². The Bertz CT molecular complexity index is 990. The quantitative estimate of drug-likeness (QED) is 0.493. The molecule has 8 heteroatoms. The number of ketones is 1. The zero-order valence-electron chi connectivity index (χ0n) is 18.6. The monoisotopic (exact) mass is 428 g/mol. The molecule has 0 radical (unpaired) electrons. The molecule has 0 aliphatic heterocycles. The van der Waals surface area contributed by atoms with E-state index in [1.54, 1.807) is 13.8 Å². The van der Waals surface area contributed by atoms with Crippen molar-refractivity contribution in [2.24, 2.45) is 0 Å². The Morgan fingerprint density at radius 1 is 1.06 bits per heavy atom. The molecule has 1 aromatic heterocycles. The van der Waals surface area contributed by atoms with Gasteiger partial charge in [-0.25, -0.2) is 4.79 Å². The van der Waals surface area contributed by atoms with Crippen LogP contribution in [0, 0.1) is 20.8 Å². The second-order valence-corrected chi connectivity index (χ2v) is 7.48. The van der Waals surface area contributed by atoms with Gasteiger partial charge in [0.1, 0.15) is 0 Å². The van der Waals surface area contributed by atoms with E-state index in [1.807, 2.05) is 31.2 Å². The summed E-state index contributed by atoms with van der Waals surface area (Å²) >= 11 is 0. The minimum atomic E-state index is -1.08. The van der Waals surface area contributed by atoms with Gasteiger partial charge in [-0.15, -0.1) is 0 Å². The van der Waals surface area contributed by atoms with Gasteiger partial charge < -0.3 is 19.8 Å². The van der Waals surface area contributed by atoms with Crippen molar-refractivity contribution in [3.8, 4) is 0 Å². The molecule has 1 heterocycles. The second-order valence-electron chi connectivity index (χ2n) is 7.48. The SMILES string of the molecule is COC(=O)c1c(C)[nH]c(C(=O)C(C)OC(=O)CC(NC(C)=O)c2ccc(C)cc2)c1C. The summed E-state index contributed by atoms with van der Waals surface area (Å²) in [6.07, 6.45) is -1.21. The van der Waals surface area contributed by atoms with Crippen molar-refractivity contribution in [3.05, 3.63) is 57.9 Å². The average molecular weight is 428 g/mol. The second kappa shape index (κ2) is 10.1. The topological polar surface area (TPSA) is 115 Å². The number of aromatic nitrogens is 1. The number of Topliss-reactive ketones (excluding diaryl/α,β-unsaturated/α-hetero) is 1. The first-order valence-electron chi connectivity index (χ1n) is 9.90. The third kappa shape index (κ3) is 5.81. The molecule has 2 N–H and O–H groups in total. The van der Waals surface area contributed by atoms with Crippen LogP contribution >= 0.6 is 0 Å². The number of nitrogens with one attached hydrogen (secondary N) is 2. The summed E-state index contributed by atoms with van der Waals surface area (Å²) in [4.78, 5) is 51.7. The van der Waals surface area contributed by atoms with E-state index in [0.29, 0.717) is 11.3 Å². The molecule has 31 heavy (non-hydrogen) atoms. The lowest BCUT2D eigenvalue weighted by Crippen LogP contribution is -2.31. The molecule has 2 rings (SSSR count). The van der Waals surface area contributed by atoms with Gasteiger partial charge in [0, 0.05) is 12.6 Å². The highest BCUT2D eigenvalue weighted by atomic mass is 16.5. The van der Waals surface area contributed by atoms with Crippen molar-refractivity contribution in [1.29, 1.82) is 0 Å². The highest BCUT2D eigenvalue weighted by Crippen LogP contribution is 2.22. The zero-order valence-corrected chi connectivity index (χ0v) is 18.6. The van der Waals surface area contributed by atoms with Crippen LogP contribution in [-0.4, -0.2) is 41.8 Å². The number of aryl methyl sites for hydroxylation is 2. The smallest absolute Gasteiger partial charge is 0.339 e. The molecule has 0 saturated carbocycles. The lowest BCUT2D eigenvalue weighted by Gasteiger charge is -2.19. The third-order valence-electron chi connectivity index (χ3n) is 4.98. The fourth-order valence-corrected chi connectivity index (χ4v) is 3.37. The molecule has 1 aromatic carbocycles. The predicted octanol–water partition coefficient (Wildman–Crippen LogP) is 3.11. The van der Waals surface area contributed by atoms with E-state index in [2.05, 4.69) is 10.3 Å². The minimum Gasteiger partial charge on any atom is -0.465 e. The lowest BCUT2D eigenvalue weighted by molar-refractivity contribution is -0.147. The van der Waals surface area contributed by atoms with E-state index < -0.39 is 29.9 Å². The first kappa shape index (κ1) is 23.9. The van der Waals surface area contributed by atoms with Crippen LogP contribution in [0.5, 0.6) is 0 Å². The Morgan fingerprint density at radius 3 is 2.23 bits per heavy atom. The Morgan fingerprint density at radius 2 is 1.68 bits per heavy atom. The first-order chi connectivity index (χ1) is 14.5. The number of aromatic amines is 1. The first-order valence-corrected chi connectivity index (χ1v) is 9.90. The van der Waals surface area contributed by atoms with Gasteiger partial charge >= 0.3 is 11.9 Å². The number of ether oxygens (including phenoxy) is 2. The van der Waals surface area contributed by atoms with Gasteiger partial charge in [0.05, 0.1) is 30.8 Å². The van der Waals surface area contributed by atoms with E-state index >= 15 is 0 Å². The van der Waals surface area contributed by atoms with Crippen molar-refractivity contribution in [3.63, 3.8) is 0 Å². The van der Waals surface area contributed by atoms with Gasteiger partial charge in [0.15, 0.2) is 6.10 Å². The van der Waals surface area contributed by atoms with Crippen molar-refractivity contribution >= 4 is 23.6 Å². The fraction of sp³-hybridized carbons (Fsp3) is 0.391. The molecular weight excluding hydrogens is 400 g/mol. The summed E-state index contributed by atoms with van der Waals surface area (Å²) in [5, 5.41) is 2.74. The summed E-state index contributed by atoms with van der Waals surface area (Å²) in [5.74, 6) is -1.92. The zero-order chi connectivity index (χ0) is 23.3. The van der Waals surface area contributed by atoms with Gasteiger partial charge in [0.25, 0.3) is 0 Å². The van der Waals surface area contributed by atoms with Gasteiger partial charge in [-0.3, -0.25) is 14.4 Å². The van der Waals surface area contributed by atoms with Crippen LogP contribution in [0.15, 0.2) is 24.3 Å². The van der Waals surface area contributed by atoms with Gasteiger partial charge in [-0.1, -0.05) is 29.8 Å². The van der Waals surface area contributed by atoms with Crippen LogP contribution in [0.1, 0.15) is 69.5 Å². The molecule has 1 amide bonds. The van der Waals surface area contributed by atoms with E-state index in [0.717, 1.165) is 11.1 Å². The van der Waals surface area contributed by atoms with Crippen LogP contribution in [0.25, 0.3) is 0 Å². The maximum atomic E-state index is 12.8. The Balaban J connectivity index is 2.13. The maximum Gasteiger partial charge on any atom is 0.339 e. The summed E-state index contributed by atoms with van der Waals surface area (Å²) in [6.45, 7) is 8.06. The van der Waals surface area contributed by atoms with E-state index in [9.17, 15) is 19.2 Å². The molecule has 2 atom stereocenters. The van der Waals surface area contributed by atoms with E-state index in [1.165, 1.54) is 21.0 Å². The van der Waals surface area contributed by atoms with Gasteiger partial charge in [0.2, 0.25) is 11.7 Å². The molecule has 0 aliphatic rings. The molecular formula is C23H28N2O6. The Kier molecular flexibility index (Phi) is 7.74. The highest BCUT2D eigenvalue weighted by molar-refractivity contribution is 6.04. The molecule has 2 aromatic rings. The van der Waals surface area contributed by atoms with Crippen LogP contribution < -0.4 is 5.32 Å². The minimum absolute atomic E-state index is 0.129. The molecule has 0 spiro atoms. The lowest BCUT2D eigenvalue weighted by atomic mass is 10.0. The molecule has 0 fully saturated rings. The molecule has 8 nitrogen and oxygen atoms in total. The fourth-order valence-electron chi connectivity index (χ4n) is 3.37. The standard InChI is InChI=1S/C23H28N2O6/c1-12-7-9-17(10-8-12)18(25-16(5)26)11-19(27)31-15(4)22(28)21-13(2)20(14(3)24-21)23(29)30-6/h7-10,15,18,24H,11H2,1-6H3,(H,25,26). The molecule has 2 unspecified atom stereocenters. The third-order valence-corrected chi connectivity index (χ3v) is 4.98. The highest BCUT2D eigenvalue weighted by Gasteiger charge is 2.28. The normalized spacial score (nSPS) is 12.6. The van der Waals surface area contributed by atoms with Crippen LogP contribution in [0.2, 0.25) is 0 Å². The maximum absolute atomic E-state index is 12.8. The van der Waals surface area contributed by atoms with Crippen LogP contribution in [0.3, 0.4) is 0 Å². The Hall–Kier alpha value is -3.42. The number of carbonyl (C=O) groups excluding carboxylic acids is 4. The molecule has 0 bridgehead atoms. The summed E-state index contributed by atoms with van der Waals surface area (Å²) in [7, 11) is 1.26. The number of methoxy groups -OCH3 is 1. The number of esters is 2. The Labute approximate surface area is 181 Å². The van der Waals surface area contributed by atoms with Crippen molar-refractivity contribution < 1.29 is 28.7 Å². The van der Waals surface area contributed by atoms with E-state index in [-0.39, 0.29) is 23.6 Å². The molecule has 0 saturated heterocycles. The number of H-pyrrole nitrogens is 1. The van der Waals surface area contributed by atoms with Gasteiger partial charge in [-0.05, 0) is 38.8 Å². The number of hydrogen-bond acceptors (Lipinski definition) is 6. The largest absolute Gasteiger partial charge is 0.465 e. The predicted molar refractivity (Wildman–Crippen MR) is 114 cm³/mol. The average Bonchev–Trinajstić information content (AvgIpc) is 3.00.